The van der Waals surface area contributed by atoms with E-state index in [0.29, 0.717) is 11.4 Å². The first kappa shape index (κ1) is 14.6. The zero-order valence-electron chi connectivity index (χ0n) is 11.4. The van der Waals surface area contributed by atoms with Gasteiger partial charge in [-0.15, -0.1) is 0 Å². The van der Waals surface area contributed by atoms with E-state index in [0.717, 1.165) is 22.8 Å². The van der Waals surface area contributed by atoms with Gasteiger partial charge in [0.05, 0.1) is 0 Å². The van der Waals surface area contributed by atoms with E-state index < -0.39 is 22.9 Å². The van der Waals surface area contributed by atoms with Crippen LogP contribution in [0.2, 0.25) is 0 Å². The van der Waals surface area contributed by atoms with Crippen molar-refractivity contribution < 1.29 is 19.1 Å². The molecule has 0 atom stereocenters. The number of hydrogen-bond donors (Lipinski definition) is 1. The van der Waals surface area contributed by atoms with E-state index >= 15 is 0 Å². The van der Waals surface area contributed by atoms with Crippen LogP contribution in [0.25, 0.3) is 5.69 Å². The Kier molecular flexibility index (Phi) is 3.71. The van der Waals surface area contributed by atoms with Gasteiger partial charge in [0.15, 0.2) is 5.78 Å². The molecular weight excluding hydrogens is 277 g/mol. The summed E-state index contributed by atoms with van der Waals surface area (Å²) in [6, 6.07) is 6.07. The van der Waals surface area contributed by atoms with E-state index in [-0.39, 0.29) is 11.3 Å². The van der Waals surface area contributed by atoms with Crippen LogP contribution < -0.4 is 5.56 Å². The number of nitrogens with zero attached hydrogens (tertiary/aromatic N) is 1. The van der Waals surface area contributed by atoms with E-state index in [1.165, 1.54) is 26.0 Å². The monoisotopic (exact) mass is 289 g/mol. The molecular formula is C15H12FNO4. The number of halogens is 1. The molecule has 108 valence electrons. The van der Waals surface area contributed by atoms with Crippen LogP contribution in [-0.2, 0) is 0 Å². The first-order valence-corrected chi connectivity index (χ1v) is 6.09. The quantitative estimate of drug-likeness (QED) is 0.879. The Morgan fingerprint density at radius 3 is 2.19 bits per heavy atom. The number of ketones is 1. The lowest BCUT2D eigenvalue weighted by atomic mass is 10.1. The molecule has 0 aliphatic rings. The second-order valence-corrected chi connectivity index (χ2v) is 4.54. The molecule has 0 bridgehead atoms. The van der Waals surface area contributed by atoms with Crippen LogP contribution in [-0.4, -0.2) is 21.4 Å². The van der Waals surface area contributed by atoms with Crippen molar-refractivity contribution in [2.45, 2.75) is 13.8 Å². The van der Waals surface area contributed by atoms with Gasteiger partial charge in [-0.25, -0.2) is 9.18 Å². The molecule has 0 aliphatic heterocycles. The topological polar surface area (TPSA) is 76.4 Å². The van der Waals surface area contributed by atoms with Crippen molar-refractivity contribution in [2.75, 3.05) is 0 Å². The summed E-state index contributed by atoms with van der Waals surface area (Å²) in [4.78, 5) is 35.1. The number of aromatic carboxylic acids is 1. The Hall–Kier alpha value is -2.76. The third-order valence-electron chi connectivity index (χ3n) is 3.14. The second kappa shape index (κ2) is 5.32. The molecule has 21 heavy (non-hydrogen) atoms. The standard InChI is InChI=1S/C15H12FNO4/c1-8-12(9(2)18)7-13(15(20)21)14(19)17(8)11-5-3-10(16)4-6-11/h3-7H,1-2H3,(H,20,21). The lowest BCUT2D eigenvalue weighted by Crippen LogP contribution is -2.28. The van der Waals surface area contributed by atoms with Crippen molar-refractivity contribution in [1.29, 1.82) is 0 Å². The summed E-state index contributed by atoms with van der Waals surface area (Å²) in [6.45, 7) is 2.82. The Balaban J connectivity index is 2.86. The zero-order chi connectivity index (χ0) is 15.7. The van der Waals surface area contributed by atoms with Crippen LogP contribution in [0, 0.1) is 12.7 Å². The number of carboxylic acid groups (broad SMARTS) is 1. The summed E-state index contributed by atoms with van der Waals surface area (Å²) in [5.74, 6) is -2.25. The average Bonchev–Trinajstić information content (AvgIpc) is 2.40. The molecule has 1 aromatic carbocycles. The van der Waals surface area contributed by atoms with E-state index in [9.17, 15) is 18.8 Å². The van der Waals surface area contributed by atoms with Gasteiger partial charge in [0.25, 0.3) is 5.56 Å². The third kappa shape index (κ3) is 2.60. The molecule has 2 aromatic rings. The summed E-state index contributed by atoms with van der Waals surface area (Å²) in [6.07, 6.45) is 0. The van der Waals surface area contributed by atoms with Crippen LogP contribution in [0.4, 0.5) is 4.39 Å². The summed E-state index contributed by atoms with van der Waals surface area (Å²) in [5, 5.41) is 9.09. The SMILES string of the molecule is CC(=O)c1cc(C(=O)O)c(=O)n(-c2ccc(F)cc2)c1C. The number of carbonyl (C=O) groups is 2. The van der Waals surface area contributed by atoms with Crippen LogP contribution in [0.1, 0.15) is 33.3 Å². The number of carboxylic acids is 1. The Bertz CT molecular complexity index is 791. The minimum atomic E-state index is -1.42. The molecule has 1 heterocycles. The van der Waals surface area contributed by atoms with Gasteiger partial charge in [0.1, 0.15) is 11.4 Å². The normalized spacial score (nSPS) is 10.4. The van der Waals surface area contributed by atoms with Gasteiger partial charge in [-0.2, -0.15) is 0 Å². The summed E-state index contributed by atoms with van der Waals surface area (Å²) < 4.78 is 14.1. The second-order valence-electron chi connectivity index (χ2n) is 4.54. The van der Waals surface area contributed by atoms with Gasteiger partial charge in [-0.05, 0) is 44.2 Å². The number of pyridine rings is 1. The van der Waals surface area contributed by atoms with Crippen LogP contribution >= 0.6 is 0 Å². The van der Waals surface area contributed by atoms with Gasteiger partial charge in [-0.1, -0.05) is 0 Å². The maximum Gasteiger partial charge on any atom is 0.341 e. The van der Waals surface area contributed by atoms with E-state index in [1.807, 2.05) is 0 Å². The molecule has 0 aliphatic carbocycles. The molecule has 0 saturated carbocycles. The summed E-state index contributed by atoms with van der Waals surface area (Å²) >= 11 is 0. The van der Waals surface area contributed by atoms with Crippen molar-refractivity contribution in [3.63, 3.8) is 0 Å². The van der Waals surface area contributed by atoms with E-state index in [4.69, 9.17) is 5.11 Å². The minimum Gasteiger partial charge on any atom is -0.477 e. The summed E-state index contributed by atoms with van der Waals surface area (Å²) in [5.41, 5.74) is -0.531. The van der Waals surface area contributed by atoms with E-state index in [2.05, 4.69) is 0 Å². The summed E-state index contributed by atoms with van der Waals surface area (Å²) in [7, 11) is 0. The zero-order valence-corrected chi connectivity index (χ0v) is 11.4. The molecule has 0 amide bonds. The number of carbonyl (C=O) groups excluding carboxylic acids is 1. The van der Waals surface area contributed by atoms with Crippen molar-refractivity contribution in [3.8, 4) is 5.69 Å². The molecule has 1 N–H and O–H groups in total. The highest BCUT2D eigenvalue weighted by Crippen LogP contribution is 2.15. The Morgan fingerprint density at radius 1 is 1.14 bits per heavy atom. The molecule has 0 spiro atoms. The fourth-order valence-corrected chi connectivity index (χ4v) is 2.11. The fourth-order valence-electron chi connectivity index (χ4n) is 2.11. The van der Waals surface area contributed by atoms with Gasteiger partial charge in [0, 0.05) is 16.9 Å². The smallest absolute Gasteiger partial charge is 0.341 e. The number of hydrogen-bond acceptors (Lipinski definition) is 3. The van der Waals surface area contributed by atoms with Gasteiger partial charge < -0.3 is 5.11 Å². The predicted molar refractivity (Wildman–Crippen MR) is 73.7 cm³/mol. The van der Waals surface area contributed by atoms with Crippen LogP contribution in [0.3, 0.4) is 0 Å². The predicted octanol–water partition coefficient (Wildman–Crippen LogP) is 2.19. The average molecular weight is 289 g/mol. The molecule has 0 fully saturated rings. The Labute approximate surface area is 119 Å². The van der Waals surface area contributed by atoms with Gasteiger partial charge >= 0.3 is 5.97 Å². The fraction of sp³-hybridized carbons (Fsp3) is 0.133. The number of aromatic nitrogens is 1. The lowest BCUT2D eigenvalue weighted by molar-refractivity contribution is 0.0694. The largest absolute Gasteiger partial charge is 0.477 e. The van der Waals surface area contributed by atoms with Gasteiger partial charge in [0.2, 0.25) is 0 Å². The number of rotatable bonds is 3. The molecule has 0 saturated heterocycles. The first-order chi connectivity index (χ1) is 9.82. The van der Waals surface area contributed by atoms with Gasteiger partial charge in [-0.3, -0.25) is 14.2 Å². The molecule has 0 radical (unpaired) electrons. The van der Waals surface area contributed by atoms with E-state index in [1.54, 1.807) is 0 Å². The number of benzene rings is 1. The third-order valence-corrected chi connectivity index (χ3v) is 3.14. The first-order valence-electron chi connectivity index (χ1n) is 6.09. The van der Waals surface area contributed by atoms with Crippen LogP contribution in [0.15, 0.2) is 35.1 Å². The van der Waals surface area contributed by atoms with Crippen molar-refractivity contribution in [1.82, 2.24) is 4.57 Å². The number of Topliss-reactive ketones (excluding diaryl/α,β-unsaturated/α-hetero) is 1. The highest BCUT2D eigenvalue weighted by Gasteiger charge is 2.19. The molecule has 2 rings (SSSR count). The van der Waals surface area contributed by atoms with Crippen molar-refractivity contribution in [2.24, 2.45) is 0 Å². The maximum atomic E-state index is 13.0. The van der Waals surface area contributed by atoms with Crippen molar-refractivity contribution >= 4 is 11.8 Å². The molecule has 6 heteroatoms. The minimum absolute atomic E-state index is 0.135. The molecule has 5 nitrogen and oxygen atoms in total. The van der Waals surface area contributed by atoms with Crippen molar-refractivity contribution in [3.05, 3.63) is 63.3 Å². The highest BCUT2D eigenvalue weighted by atomic mass is 19.1. The lowest BCUT2D eigenvalue weighted by Gasteiger charge is -2.14. The molecule has 0 unspecified atom stereocenters. The highest BCUT2D eigenvalue weighted by molar-refractivity contribution is 5.98. The Morgan fingerprint density at radius 2 is 1.71 bits per heavy atom. The van der Waals surface area contributed by atoms with Crippen LogP contribution in [0.5, 0.6) is 0 Å². The maximum absolute atomic E-state index is 13.0. The molecule has 1 aromatic heterocycles.